The third-order valence-electron chi connectivity index (χ3n) is 2.57. The molecule has 0 spiro atoms. The van der Waals surface area contributed by atoms with Crippen LogP contribution in [0.3, 0.4) is 0 Å². The van der Waals surface area contributed by atoms with E-state index in [1.54, 1.807) is 12.4 Å². The topological polar surface area (TPSA) is 43.1 Å². The van der Waals surface area contributed by atoms with Crippen LogP contribution in [0.2, 0.25) is 0 Å². The number of nitrogens with zero attached hydrogens (tertiary/aromatic N) is 4. The molecule has 17 heavy (non-hydrogen) atoms. The molecule has 3 aromatic rings. The van der Waals surface area contributed by atoms with E-state index in [2.05, 4.69) is 30.9 Å². The first kappa shape index (κ1) is 10.4. The van der Waals surface area contributed by atoms with Crippen molar-refractivity contribution in [1.29, 1.82) is 0 Å². The molecule has 0 amide bonds. The van der Waals surface area contributed by atoms with Crippen molar-refractivity contribution in [1.82, 2.24) is 19.4 Å². The summed E-state index contributed by atoms with van der Waals surface area (Å²) in [6.45, 7) is 1.95. The van der Waals surface area contributed by atoms with Crippen LogP contribution in [0.5, 0.6) is 0 Å². The molecule has 0 aromatic carbocycles. The predicted molar refractivity (Wildman–Crippen MR) is 68.7 cm³/mol. The molecule has 0 radical (unpaired) electrons. The lowest BCUT2D eigenvalue weighted by atomic mass is 10.2. The summed E-state index contributed by atoms with van der Waals surface area (Å²) in [7, 11) is 0. The van der Waals surface area contributed by atoms with Crippen LogP contribution in [0.15, 0.2) is 41.5 Å². The third-order valence-corrected chi connectivity index (χ3v) is 3.04. The van der Waals surface area contributed by atoms with Crippen LogP contribution in [-0.4, -0.2) is 19.4 Å². The lowest BCUT2D eigenvalue weighted by Gasteiger charge is -1.94. The molecular weight excluding hydrogens is 280 g/mol. The van der Waals surface area contributed by atoms with Gasteiger partial charge in [-0.15, -0.1) is 0 Å². The molecular formula is C12H9BrN4. The number of aromatic nitrogens is 4. The molecule has 0 bridgehead atoms. The van der Waals surface area contributed by atoms with Crippen LogP contribution >= 0.6 is 15.9 Å². The van der Waals surface area contributed by atoms with Crippen LogP contribution in [0.4, 0.5) is 0 Å². The Hall–Kier alpha value is -1.75. The molecule has 5 heteroatoms. The van der Waals surface area contributed by atoms with Gasteiger partial charge < -0.3 is 4.40 Å². The van der Waals surface area contributed by atoms with Gasteiger partial charge in [0.15, 0.2) is 5.65 Å². The Morgan fingerprint density at radius 2 is 2.12 bits per heavy atom. The molecule has 0 fully saturated rings. The van der Waals surface area contributed by atoms with Crippen molar-refractivity contribution < 1.29 is 0 Å². The zero-order valence-electron chi connectivity index (χ0n) is 9.13. The molecule has 3 heterocycles. The van der Waals surface area contributed by atoms with Gasteiger partial charge in [-0.2, -0.15) is 0 Å². The Kier molecular flexibility index (Phi) is 2.40. The van der Waals surface area contributed by atoms with Gasteiger partial charge in [0.2, 0.25) is 0 Å². The van der Waals surface area contributed by atoms with Crippen LogP contribution in [0.1, 0.15) is 5.69 Å². The van der Waals surface area contributed by atoms with E-state index in [0.29, 0.717) is 0 Å². The average Bonchev–Trinajstić information content (AvgIpc) is 2.75. The Morgan fingerprint density at radius 1 is 1.24 bits per heavy atom. The fourth-order valence-corrected chi connectivity index (χ4v) is 1.95. The molecule has 0 saturated carbocycles. The highest BCUT2D eigenvalue weighted by Gasteiger charge is 2.06. The van der Waals surface area contributed by atoms with Crippen LogP contribution < -0.4 is 0 Å². The molecule has 0 aliphatic heterocycles. The standard InChI is InChI=1S/C12H9BrN4/c1-8-12-16-10(7-17(12)5-4-14-8)9-2-3-11(13)15-6-9/h2-7H,1H3. The quantitative estimate of drug-likeness (QED) is 0.647. The second kappa shape index (κ2) is 3.92. The summed E-state index contributed by atoms with van der Waals surface area (Å²) in [5.41, 5.74) is 3.70. The third kappa shape index (κ3) is 1.82. The van der Waals surface area contributed by atoms with Crippen molar-refractivity contribution in [3.05, 3.63) is 47.2 Å². The van der Waals surface area contributed by atoms with Gasteiger partial charge in [0.05, 0.1) is 11.4 Å². The number of hydrogen-bond donors (Lipinski definition) is 0. The summed E-state index contributed by atoms with van der Waals surface area (Å²) in [4.78, 5) is 13.0. The first-order valence-electron chi connectivity index (χ1n) is 5.16. The highest BCUT2D eigenvalue weighted by atomic mass is 79.9. The lowest BCUT2D eigenvalue weighted by Crippen LogP contribution is -1.88. The highest BCUT2D eigenvalue weighted by molar-refractivity contribution is 9.10. The summed E-state index contributed by atoms with van der Waals surface area (Å²) < 4.78 is 2.79. The fourth-order valence-electron chi connectivity index (χ4n) is 1.72. The minimum atomic E-state index is 0.822. The number of imidazole rings is 1. The Labute approximate surface area is 106 Å². The van der Waals surface area contributed by atoms with Crippen molar-refractivity contribution in [2.24, 2.45) is 0 Å². The Bertz CT molecular complexity index is 673. The summed E-state index contributed by atoms with van der Waals surface area (Å²) in [5, 5.41) is 0. The van der Waals surface area contributed by atoms with E-state index in [1.165, 1.54) is 0 Å². The molecule has 0 unspecified atom stereocenters. The first-order chi connectivity index (χ1) is 8.24. The maximum Gasteiger partial charge on any atom is 0.158 e. The average molecular weight is 289 g/mol. The minimum absolute atomic E-state index is 0.822. The van der Waals surface area contributed by atoms with Gasteiger partial charge in [0, 0.05) is 30.4 Å². The van der Waals surface area contributed by atoms with E-state index in [0.717, 1.165) is 27.2 Å². The predicted octanol–water partition coefficient (Wildman–Crippen LogP) is 2.86. The molecule has 0 N–H and O–H groups in total. The molecule has 4 nitrogen and oxygen atoms in total. The summed E-state index contributed by atoms with van der Waals surface area (Å²) in [5.74, 6) is 0. The van der Waals surface area contributed by atoms with Crippen molar-refractivity contribution in [2.75, 3.05) is 0 Å². The second-order valence-corrected chi connectivity index (χ2v) is 4.55. The van der Waals surface area contributed by atoms with Crippen molar-refractivity contribution in [3.8, 4) is 11.3 Å². The molecule has 0 aliphatic rings. The van der Waals surface area contributed by atoms with Crippen LogP contribution in [0, 0.1) is 6.92 Å². The van der Waals surface area contributed by atoms with Gasteiger partial charge in [0.25, 0.3) is 0 Å². The zero-order chi connectivity index (χ0) is 11.8. The maximum atomic E-state index is 4.56. The number of hydrogen-bond acceptors (Lipinski definition) is 3. The van der Waals surface area contributed by atoms with Gasteiger partial charge in [-0.3, -0.25) is 4.98 Å². The maximum absolute atomic E-state index is 4.56. The number of aryl methyl sites for hydroxylation is 1. The monoisotopic (exact) mass is 288 g/mol. The fraction of sp³-hybridized carbons (Fsp3) is 0.0833. The summed E-state index contributed by atoms with van der Waals surface area (Å²) >= 11 is 3.32. The Balaban J connectivity index is 2.18. The Morgan fingerprint density at radius 3 is 2.82 bits per heavy atom. The molecule has 0 atom stereocenters. The largest absolute Gasteiger partial charge is 0.303 e. The van der Waals surface area contributed by atoms with E-state index < -0.39 is 0 Å². The molecule has 0 saturated heterocycles. The zero-order valence-corrected chi connectivity index (χ0v) is 10.7. The van der Waals surface area contributed by atoms with Crippen LogP contribution in [0.25, 0.3) is 16.9 Å². The van der Waals surface area contributed by atoms with Gasteiger partial charge in [0.1, 0.15) is 4.60 Å². The highest BCUT2D eigenvalue weighted by Crippen LogP contribution is 2.20. The number of rotatable bonds is 1. The van der Waals surface area contributed by atoms with E-state index in [4.69, 9.17) is 0 Å². The second-order valence-electron chi connectivity index (χ2n) is 3.74. The van der Waals surface area contributed by atoms with E-state index in [1.807, 2.05) is 35.9 Å². The number of fused-ring (bicyclic) bond motifs is 1. The minimum Gasteiger partial charge on any atom is -0.303 e. The van der Waals surface area contributed by atoms with Gasteiger partial charge in [-0.1, -0.05) is 0 Å². The number of halogens is 1. The normalized spacial score (nSPS) is 10.9. The van der Waals surface area contributed by atoms with Crippen molar-refractivity contribution in [2.45, 2.75) is 6.92 Å². The van der Waals surface area contributed by atoms with E-state index >= 15 is 0 Å². The van der Waals surface area contributed by atoms with E-state index in [-0.39, 0.29) is 0 Å². The van der Waals surface area contributed by atoms with Gasteiger partial charge in [-0.25, -0.2) is 9.97 Å². The molecule has 3 rings (SSSR count). The van der Waals surface area contributed by atoms with E-state index in [9.17, 15) is 0 Å². The molecule has 3 aromatic heterocycles. The molecule has 84 valence electrons. The van der Waals surface area contributed by atoms with Crippen molar-refractivity contribution >= 4 is 21.6 Å². The smallest absolute Gasteiger partial charge is 0.158 e. The molecule has 0 aliphatic carbocycles. The first-order valence-corrected chi connectivity index (χ1v) is 5.95. The van der Waals surface area contributed by atoms with Gasteiger partial charge >= 0.3 is 0 Å². The summed E-state index contributed by atoms with van der Waals surface area (Å²) in [6, 6.07) is 3.89. The van der Waals surface area contributed by atoms with Gasteiger partial charge in [-0.05, 0) is 35.0 Å². The SMILES string of the molecule is Cc1nccn2cc(-c3ccc(Br)nc3)nc12. The van der Waals surface area contributed by atoms with Crippen LogP contribution in [-0.2, 0) is 0 Å². The number of pyridine rings is 1. The summed E-state index contributed by atoms with van der Waals surface area (Å²) in [6.07, 6.45) is 7.45. The lowest BCUT2D eigenvalue weighted by molar-refractivity contribution is 1.08. The van der Waals surface area contributed by atoms with Crippen molar-refractivity contribution in [3.63, 3.8) is 0 Å².